The number of carboxylic acids is 1. The van der Waals surface area contributed by atoms with Gasteiger partial charge in [-0.2, -0.15) is 0 Å². The predicted molar refractivity (Wildman–Crippen MR) is 58.4 cm³/mol. The molecule has 0 radical (unpaired) electrons. The van der Waals surface area contributed by atoms with Gasteiger partial charge in [-0.25, -0.2) is 0 Å². The number of ketones is 1. The van der Waals surface area contributed by atoms with E-state index in [9.17, 15) is 9.59 Å². The van der Waals surface area contributed by atoms with Crippen molar-refractivity contribution in [3.8, 4) is 11.8 Å². The average molecular weight is 210 g/mol. The van der Waals surface area contributed by atoms with Crippen LogP contribution in [0.2, 0.25) is 0 Å². The quantitative estimate of drug-likeness (QED) is 0.518. The Morgan fingerprint density at radius 2 is 1.73 bits per heavy atom. The van der Waals surface area contributed by atoms with Crippen molar-refractivity contribution < 1.29 is 14.7 Å². The molecule has 0 aromatic carbocycles. The molecule has 3 heteroatoms. The lowest BCUT2D eigenvalue weighted by Crippen LogP contribution is -1.90. The Morgan fingerprint density at radius 3 is 2.33 bits per heavy atom. The molecular weight excluding hydrogens is 192 g/mol. The molecule has 3 nitrogen and oxygen atoms in total. The summed E-state index contributed by atoms with van der Waals surface area (Å²) in [4.78, 5) is 20.7. The van der Waals surface area contributed by atoms with Crippen molar-refractivity contribution in [1.29, 1.82) is 0 Å². The second-order valence-electron chi connectivity index (χ2n) is 3.54. The zero-order valence-corrected chi connectivity index (χ0v) is 9.21. The lowest BCUT2D eigenvalue weighted by atomic mass is 10.1. The smallest absolute Gasteiger partial charge is 0.315 e. The summed E-state index contributed by atoms with van der Waals surface area (Å²) in [6.07, 6.45) is 5.43. The molecule has 0 spiro atoms. The Kier molecular flexibility index (Phi) is 8.46. The van der Waals surface area contributed by atoms with Crippen molar-refractivity contribution in [3.05, 3.63) is 0 Å². The van der Waals surface area contributed by atoms with E-state index in [-0.39, 0.29) is 12.2 Å². The van der Waals surface area contributed by atoms with Gasteiger partial charge in [-0.3, -0.25) is 4.79 Å². The van der Waals surface area contributed by atoms with Gasteiger partial charge in [-0.15, -0.1) is 5.92 Å². The zero-order chi connectivity index (χ0) is 11.5. The summed E-state index contributed by atoms with van der Waals surface area (Å²) in [5.41, 5.74) is 0. The van der Waals surface area contributed by atoms with E-state index >= 15 is 0 Å². The van der Waals surface area contributed by atoms with Gasteiger partial charge in [-0.1, -0.05) is 18.8 Å². The highest BCUT2D eigenvalue weighted by Crippen LogP contribution is 2.04. The summed E-state index contributed by atoms with van der Waals surface area (Å²) in [7, 11) is 0. The minimum Gasteiger partial charge on any atom is -0.481 e. The number of rotatable bonds is 7. The largest absolute Gasteiger partial charge is 0.481 e. The second kappa shape index (κ2) is 9.26. The molecule has 0 aromatic rings. The molecule has 1 N–H and O–H groups in total. The Hall–Kier alpha value is -1.30. The fraction of sp³-hybridized carbons (Fsp3) is 0.667. The van der Waals surface area contributed by atoms with E-state index in [4.69, 9.17) is 5.11 Å². The Labute approximate surface area is 90.9 Å². The van der Waals surface area contributed by atoms with E-state index in [0.29, 0.717) is 6.42 Å². The molecule has 15 heavy (non-hydrogen) atoms. The molecular formula is C12H18O3. The molecule has 84 valence electrons. The number of aliphatic carboxylic acids is 1. The first-order valence-corrected chi connectivity index (χ1v) is 5.30. The van der Waals surface area contributed by atoms with Crippen LogP contribution in [-0.2, 0) is 9.59 Å². The van der Waals surface area contributed by atoms with Gasteiger partial charge in [0.2, 0.25) is 0 Å². The normalized spacial score (nSPS) is 9.13. The number of hydrogen-bond acceptors (Lipinski definition) is 2. The Morgan fingerprint density at radius 1 is 1.07 bits per heavy atom. The minimum absolute atomic E-state index is 0.0651. The standard InChI is InChI=1S/C12H18O3/c1-11(13)9-7-5-3-2-4-6-8-10-12(14)15/h2-5,7,9-10H2,1H3,(H,14,15). The summed E-state index contributed by atoms with van der Waals surface area (Å²) in [5.74, 6) is 4.78. The van der Waals surface area contributed by atoms with E-state index in [1.807, 2.05) is 0 Å². The molecule has 0 aliphatic rings. The van der Waals surface area contributed by atoms with Gasteiger partial charge >= 0.3 is 5.97 Å². The summed E-state index contributed by atoms with van der Waals surface area (Å²) in [5, 5.41) is 8.30. The summed E-state index contributed by atoms with van der Waals surface area (Å²) >= 11 is 0. The molecule has 0 heterocycles. The third-order valence-corrected chi connectivity index (χ3v) is 1.95. The van der Waals surface area contributed by atoms with Gasteiger partial charge in [0.1, 0.15) is 12.2 Å². The lowest BCUT2D eigenvalue weighted by molar-refractivity contribution is -0.135. The maximum Gasteiger partial charge on any atom is 0.315 e. The van der Waals surface area contributed by atoms with E-state index in [2.05, 4.69) is 11.8 Å². The molecule has 0 bridgehead atoms. The highest BCUT2D eigenvalue weighted by Gasteiger charge is 1.93. The van der Waals surface area contributed by atoms with Crippen molar-refractivity contribution in [3.63, 3.8) is 0 Å². The van der Waals surface area contributed by atoms with Crippen LogP contribution >= 0.6 is 0 Å². The first-order valence-electron chi connectivity index (χ1n) is 5.30. The summed E-state index contributed by atoms with van der Waals surface area (Å²) in [6, 6.07) is 0. The van der Waals surface area contributed by atoms with Gasteiger partial charge in [0.05, 0.1) is 0 Å². The van der Waals surface area contributed by atoms with Crippen molar-refractivity contribution in [2.45, 2.75) is 51.9 Å². The highest BCUT2D eigenvalue weighted by molar-refractivity contribution is 5.75. The maximum atomic E-state index is 10.6. The molecule has 0 atom stereocenters. The first-order chi connectivity index (χ1) is 7.13. The third-order valence-electron chi connectivity index (χ3n) is 1.95. The number of hydrogen-bond donors (Lipinski definition) is 1. The van der Waals surface area contributed by atoms with Crippen molar-refractivity contribution in [1.82, 2.24) is 0 Å². The van der Waals surface area contributed by atoms with Crippen LogP contribution in [0.5, 0.6) is 0 Å². The number of Topliss-reactive ketones (excluding diaryl/α,β-unsaturated/α-hetero) is 1. The fourth-order valence-corrected chi connectivity index (χ4v) is 1.17. The van der Waals surface area contributed by atoms with Crippen LogP contribution in [0.15, 0.2) is 0 Å². The van der Waals surface area contributed by atoms with Crippen molar-refractivity contribution in [2.24, 2.45) is 0 Å². The molecule has 0 aliphatic heterocycles. The maximum absolute atomic E-state index is 10.6. The Bertz CT molecular complexity index is 258. The van der Waals surface area contributed by atoms with Crippen molar-refractivity contribution in [2.75, 3.05) is 0 Å². The molecule has 0 rings (SSSR count). The SMILES string of the molecule is CC(=O)CCCCCCC#CCC(=O)O. The Balaban J connectivity index is 3.20. The van der Waals surface area contributed by atoms with Gasteiger partial charge < -0.3 is 9.90 Å². The third kappa shape index (κ3) is 12.7. The first kappa shape index (κ1) is 13.7. The van der Waals surface area contributed by atoms with E-state index < -0.39 is 5.97 Å². The van der Waals surface area contributed by atoms with Crippen LogP contribution in [0.4, 0.5) is 0 Å². The van der Waals surface area contributed by atoms with E-state index in [1.165, 1.54) is 0 Å². The summed E-state index contributed by atoms with van der Waals surface area (Å²) < 4.78 is 0. The minimum atomic E-state index is -0.871. The summed E-state index contributed by atoms with van der Waals surface area (Å²) in [6.45, 7) is 1.61. The predicted octanol–water partition coefficient (Wildman–Crippen LogP) is 2.39. The highest BCUT2D eigenvalue weighted by atomic mass is 16.4. The van der Waals surface area contributed by atoms with E-state index in [0.717, 1.165) is 32.1 Å². The average Bonchev–Trinajstić information content (AvgIpc) is 2.14. The lowest BCUT2D eigenvalue weighted by Gasteiger charge is -1.96. The molecule has 0 unspecified atom stereocenters. The van der Waals surface area contributed by atoms with Gasteiger partial charge in [0.15, 0.2) is 0 Å². The molecule has 0 fully saturated rings. The second-order valence-corrected chi connectivity index (χ2v) is 3.54. The van der Waals surface area contributed by atoms with Crippen LogP contribution in [0.3, 0.4) is 0 Å². The molecule has 0 amide bonds. The van der Waals surface area contributed by atoms with Crippen LogP contribution in [0.25, 0.3) is 0 Å². The van der Waals surface area contributed by atoms with Crippen LogP contribution in [-0.4, -0.2) is 16.9 Å². The van der Waals surface area contributed by atoms with Crippen molar-refractivity contribution >= 4 is 11.8 Å². The number of carbonyl (C=O) groups is 2. The topological polar surface area (TPSA) is 54.4 Å². The number of carboxylic acid groups (broad SMARTS) is 1. The number of unbranched alkanes of at least 4 members (excludes halogenated alkanes) is 4. The van der Waals surface area contributed by atoms with Gasteiger partial charge in [0.25, 0.3) is 0 Å². The molecule has 0 saturated heterocycles. The van der Waals surface area contributed by atoms with Gasteiger partial charge in [-0.05, 0) is 19.8 Å². The fourth-order valence-electron chi connectivity index (χ4n) is 1.17. The molecule has 0 aromatic heterocycles. The van der Waals surface area contributed by atoms with E-state index in [1.54, 1.807) is 6.92 Å². The molecule has 0 aliphatic carbocycles. The van der Waals surface area contributed by atoms with Gasteiger partial charge in [0, 0.05) is 12.8 Å². The van der Waals surface area contributed by atoms with Crippen LogP contribution in [0, 0.1) is 11.8 Å². The number of carbonyl (C=O) groups excluding carboxylic acids is 1. The monoisotopic (exact) mass is 210 g/mol. The van der Waals surface area contributed by atoms with Crippen LogP contribution in [0.1, 0.15) is 51.9 Å². The zero-order valence-electron chi connectivity index (χ0n) is 9.21. The van der Waals surface area contributed by atoms with Crippen LogP contribution < -0.4 is 0 Å². The molecule has 0 saturated carbocycles.